The molecule has 2 amide bonds. The highest BCUT2D eigenvalue weighted by Crippen LogP contribution is 2.59. The summed E-state index contributed by atoms with van der Waals surface area (Å²) >= 11 is 2.59. The standard InChI is InChI=1S/C36H34N2O7S2/c1-46-35-20-25-14-9-15-27(44-29(39)18-23-10-5-3-6-11-23)31(25)37(35)34(42)36(47-2)21-26-22-43-17-16-28(32(26)38(36)33(35)41)45-30(40)19-24-12-7-4-8-13-24/h3-17,22,27-28,31-32H,18-21H2,1-2H3. The zero-order chi connectivity index (χ0) is 32.8. The Bertz CT molecular complexity index is 1720. The van der Waals surface area contributed by atoms with Gasteiger partial charge in [-0.2, -0.15) is 0 Å². The van der Waals surface area contributed by atoms with Gasteiger partial charge < -0.3 is 24.0 Å². The van der Waals surface area contributed by atoms with Gasteiger partial charge in [0.05, 0.1) is 37.4 Å². The largest absolute Gasteiger partial charge is 0.473 e. The molecule has 1 aliphatic carbocycles. The minimum Gasteiger partial charge on any atom is -0.473 e. The average molecular weight is 671 g/mol. The van der Waals surface area contributed by atoms with Gasteiger partial charge in [0.25, 0.3) is 11.8 Å². The van der Waals surface area contributed by atoms with Gasteiger partial charge in [0.15, 0.2) is 9.74 Å². The van der Waals surface area contributed by atoms with E-state index < -0.39 is 46.0 Å². The van der Waals surface area contributed by atoms with E-state index in [-0.39, 0.29) is 37.5 Å². The Balaban J connectivity index is 1.21. The number of amides is 2. The Labute approximate surface area is 281 Å². The molecule has 2 aromatic rings. The predicted molar refractivity (Wildman–Crippen MR) is 179 cm³/mol. The van der Waals surface area contributed by atoms with Crippen molar-refractivity contribution in [2.75, 3.05) is 12.5 Å². The average Bonchev–Trinajstić information content (AvgIpc) is 3.55. The van der Waals surface area contributed by atoms with E-state index >= 15 is 9.59 Å². The van der Waals surface area contributed by atoms with Gasteiger partial charge in [0.2, 0.25) is 0 Å². The fraction of sp³-hybridized carbons (Fsp3) is 0.333. The Morgan fingerprint density at radius 3 is 1.79 bits per heavy atom. The third kappa shape index (κ3) is 5.20. The van der Waals surface area contributed by atoms with E-state index in [0.717, 1.165) is 16.7 Å². The number of rotatable bonds is 8. The SMILES string of the molecule is CSC12CC3=CC=CC(OC(=O)Cc4ccccc4)C3N1C(=O)C1(SC)CC3=COC=CC(OC(=O)Cc4ccccc4)C3N1C2=O. The molecule has 0 aromatic heterocycles. The van der Waals surface area contributed by atoms with Gasteiger partial charge in [-0.15, -0.1) is 23.5 Å². The summed E-state index contributed by atoms with van der Waals surface area (Å²) in [5, 5.41) is 0. The molecule has 3 fully saturated rings. The van der Waals surface area contributed by atoms with Crippen LogP contribution in [0.4, 0.5) is 0 Å². The lowest BCUT2D eigenvalue weighted by Crippen LogP contribution is -2.74. The Morgan fingerprint density at radius 1 is 0.766 bits per heavy atom. The quantitative estimate of drug-likeness (QED) is 0.375. The molecule has 6 atom stereocenters. The Morgan fingerprint density at radius 2 is 1.26 bits per heavy atom. The van der Waals surface area contributed by atoms with Crippen LogP contribution in [0.15, 0.2) is 109 Å². The van der Waals surface area contributed by atoms with Crippen molar-refractivity contribution in [2.45, 2.75) is 59.7 Å². The molecule has 0 spiro atoms. The fourth-order valence-electron chi connectivity index (χ4n) is 7.40. The zero-order valence-corrected chi connectivity index (χ0v) is 27.6. The molecule has 4 heterocycles. The van der Waals surface area contributed by atoms with Crippen LogP contribution >= 0.6 is 23.5 Å². The summed E-state index contributed by atoms with van der Waals surface area (Å²) in [6.45, 7) is 0. The topological polar surface area (TPSA) is 102 Å². The first-order chi connectivity index (χ1) is 22.8. The highest BCUT2D eigenvalue weighted by atomic mass is 32.2. The van der Waals surface area contributed by atoms with Crippen molar-refractivity contribution in [1.82, 2.24) is 9.80 Å². The zero-order valence-electron chi connectivity index (χ0n) is 25.9. The third-order valence-electron chi connectivity index (χ3n) is 9.48. The first-order valence-corrected chi connectivity index (χ1v) is 17.9. The minimum absolute atomic E-state index is 0.0636. The Kier molecular flexibility index (Phi) is 8.30. The molecule has 6 unspecified atom stereocenters. The number of thioether (sulfide) groups is 2. The number of esters is 2. The van der Waals surface area contributed by atoms with Gasteiger partial charge >= 0.3 is 11.9 Å². The van der Waals surface area contributed by atoms with Crippen molar-refractivity contribution < 1.29 is 33.4 Å². The first-order valence-electron chi connectivity index (χ1n) is 15.4. The lowest BCUT2D eigenvalue weighted by Gasteiger charge is -2.54. The van der Waals surface area contributed by atoms with E-state index in [2.05, 4.69) is 0 Å². The van der Waals surface area contributed by atoms with Crippen molar-refractivity contribution in [3.63, 3.8) is 0 Å². The summed E-state index contributed by atoms with van der Waals surface area (Å²) in [6, 6.07) is 17.3. The van der Waals surface area contributed by atoms with Gasteiger partial charge in [-0.1, -0.05) is 72.8 Å². The maximum absolute atomic E-state index is 15.1. The maximum Gasteiger partial charge on any atom is 0.310 e. The maximum atomic E-state index is 15.1. The summed E-state index contributed by atoms with van der Waals surface area (Å²) in [7, 11) is 0. The molecule has 0 N–H and O–H groups in total. The van der Waals surface area contributed by atoms with Crippen molar-refractivity contribution in [1.29, 1.82) is 0 Å². The number of fused-ring (bicyclic) bond motifs is 6. The molecular formula is C36H34N2O7S2. The molecule has 242 valence electrons. The van der Waals surface area contributed by atoms with Crippen LogP contribution in [-0.2, 0) is 46.2 Å². The number of hydrogen-bond acceptors (Lipinski definition) is 9. The highest BCUT2D eigenvalue weighted by molar-refractivity contribution is 8.01. The second-order valence-electron chi connectivity index (χ2n) is 12.1. The van der Waals surface area contributed by atoms with Crippen LogP contribution in [0.1, 0.15) is 24.0 Å². The molecule has 2 aromatic carbocycles. The molecule has 9 nitrogen and oxygen atoms in total. The number of allylic oxidation sites excluding steroid dienone is 2. The van der Waals surface area contributed by atoms with Gasteiger partial charge in [-0.05, 0) is 46.9 Å². The lowest BCUT2D eigenvalue weighted by atomic mass is 9.96. The van der Waals surface area contributed by atoms with Gasteiger partial charge in [0.1, 0.15) is 12.2 Å². The van der Waals surface area contributed by atoms with Crippen LogP contribution in [0.5, 0.6) is 0 Å². The molecule has 0 saturated carbocycles. The monoisotopic (exact) mass is 670 g/mol. The number of carbonyl (C=O) groups is 4. The summed E-state index contributed by atoms with van der Waals surface area (Å²) in [4.78, 5) is 57.1. The molecule has 11 heteroatoms. The second kappa shape index (κ2) is 12.4. The number of nitrogens with zero attached hydrogens (tertiary/aromatic N) is 2. The molecule has 47 heavy (non-hydrogen) atoms. The smallest absolute Gasteiger partial charge is 0.310 e. The number of carbonyl (C=O) groups excluding carboxylic acids is 4. The molecule has 0 bridgehead atoms. The van der Waals surface area contributed by atoms with Crippen LogP contribution in [0.3, 0.4) is 0 Å². The summed E-state index contributed by atoms with van der Waals surface area (Å²) in [6.07, 6.45) is 12.8. The molecule has 3 saturated heterocycles. The van der Waals surface area contributed by atoms with E-state index in [1.165, 1.54) is 29.8 Å². The third-order valence-corrected chi connectivity index (χ3v) is 11.9. The van der Waals surface area contributed by atoms with E-state index in [1.54, 1.807) is 28.2 Å². The van der Waals surface area contributed by atoms with E-state index in [0.29, 0.717) is 5.57 Å². The van der Waals surface area contributed by atoms with Crippen molar-refractivity contribution in [3.8, 4) is 0 Å². The van der Waals surface area contributed by atoms with Gasteiger partial charge in [-0.25, -0.2) is 0 Å². The van der Waals surface area contributed by atoms with E-state index in [4.69, 9.17) is 14.2 Å². The lowest BCUT2D eigenvalue weighted by molar-refractivity contribution is -0.171. The Hall–Kier alpha value is -4.22. The highest BCUT2D eigenvalue weighted by Gasteiger charge is 2.73. The minimum atomic E-state index is -1.32. The predicted octanol–water partition coefficient (Wildman–Crippen LogP) is 4.55. The number of hydrogen-bond donors (Lipinski definition) is 0. The molecular weight excluding hydrogens is 637 g/mol. The normalized spacial score (nSPS) is 30.3. The number of piperazine rings is 1. The first kappa shape index (κ1) is 31.4. The van der Waals surface area contributed by atoms with E-state index in [9.17, 15) is 9.59 Å². The fourth-order valence-corrected chi connectivity index (χ4v) is 9.35. The van der Waals surface area contributed by atoms with Crippen LogP contribution in [-0.4, -0.2) is 80.1 Å². The number of ether oxygens (including phenoxy) is 3. The van der Waals surface area contributed by atoms with Crippen molar-refractivity contribution in [2.24, 2.45) is 0 Å². The van der Waals surface area contributed by atoms with Crippen LogP contribution < -0.4 is 0 Å². The summed E-state index contributed by atoms with van der Waals surface area (Å²) in [5.41, 5.74) is 3.17. The number of benzene rings is 2. The molecule has 7 rings (SSSR count). The van der Waals surface area contributed by atoms with Crippen LogP contribution in [0, 0.1) is 0 Å². The van der Waals surface area contributed by atoms with Crippen molar-refractivity contribution >= 4 is 47.3 Å². The van der Waals surface area contributed by atoms with Crippen molar-refractivity contribution in [3.05, 3.63) is 120 Å². The summed E-state index contributed by atoms with van der Waals surface area (Å²) < 4.78 is 17.7. The van der Waals surface area contributed by atoms with Crippen LogP contribution in [0.2, 0.25) is 0 Å². The molecule has 4 aliphatic heterocycles. The van der Waals surface area contributed by atoms with Gasteiger partial charge in [0, 0.05) is 12.8 Å². The second-order valence-corrected chi connectivity index (χ2v) is 14.3. The molecule has 0 radical (unpaired) electrons. The molecule has 5 aliphatic rings. The summed E-state index contributed by atoms with van der Waals surface area (Å²) in [5.74, 6) is -1.37. The van der Waals surface area contributed by atoms with E-state index in [1.807, 2.05) is 85.3 Å². The van der Waals surface area contributed by atoms with Crippen LogP contribution in [0.25, 0.3) is 0 Å². The van der Waals surface area contributed by atoms with Gasteiger partial charge in [-0.3, -0.25) is 19.2 Å².